The summed E-state index contributed by atoms with van der Waals surface area (Å²) in [6.45, 7) is 5.02. The summed E-state index contributed by atoms with van der Waals surface area (Å²) >= 11 is 0. The van der Waals surface area contributed by atoms with E-state index in [1.165, 1.54) is 0 Å². The van der Waals surface area contributed by atoms with Crippen molar-refractivity contribution < 1.29 is 0 Å². The van der Waals surface area contributed by atoms with Crippen LogP contribution in [0.3, 0.4) is 0 Å². The van der Waals surface area contributed by atoms with Gasteiger partial charge in [0.2, 0.25) is 0 Å². The van der Waals surface area contributed by atoms with E-state index in [2.05, 4.69) is 36.4 Å². The molecule has 0 saturated heterocycles. The van der Waals surface area contributed by atoms with E-state index in [-0.39, 0.29) is 6.04 Å². The number of terminal acetylenes is 1. The minimum absolute atomic E-state index is 0.0869. The molecule has 0 aromatic carbocycles. The molecule has 0 saturated carbocycles. The van der Waals surface area contributed by atoms with E-state index in [1.54, 1.807) is 0 Å². The van der Waals surface area contributed by atoms with E-state index in [4.69, 9.17) is 12.3 Å². The zero-order valence-corrected chi connectivity index (χ0v) is 10.0. The first-order valence-corrected chi connectivity index (χ1v) is 5.73. The van der Waals surface area contributed by atoms with Crippen molar-refractivity contribution in [3.05, 3.63) is 17.5 Å². The van der Waals surface area contributed by atoms with Crippen LogP contribution < -0.4 is 11.3 Å². The van der Waals surface area contributed by atoms with Crippen molar-refractivity contribution in [1.82, 2.24) is 15.2 Å². The van der Waals surface area contributed by atoms with Crippen LogP contribution in [0.1, 0.15) is 44.1 Å². The molecular weight excluding hydrogens is 200 g/mol. The highest BCUT2D eigenvalue weighted by atomic mass is 15.3. The smallest absolute Gasteiger partial charge is 0.0638 e. The van der Waals surface area contributed by atoms with E-state index in [0.29, 0.717) is 6.42 Å². The highest BCUT2D eigenvalue weighted by molar-refractivity contribution is 5.14. The molecule has 1 aromatic rings. The molecule has 0 aliphatic carbocycles. The lowest BCUT2D eigenvalue weighted by Gasteiger charge is -2.15. The molecule has 3 N–H and O–H groups in total. The van der Waals surface area contributed by atoms with Gasteiger partial charge in [-0.3, -0.25) is 16.0 Å². The summed E-state index contributed by atoms with van der Waals surface area (Å²) in [4.78, 5) is 0. The Bertz CT molecular complexity index is 362. The van der Waals surface area contributed by atoms with Gasteiger partial charge in [-0.15, -0.1) is 12.3 Å². The monoisotopic (exact) mass is 220 g/mol. The lowest BCUT2D eigenvalue weighted by molar-refractivity contribution is 0.471. The Balaban J connectivity index is 2.89. The molecule has 0 amide bonds. The van der Waals surface area contributed by atoms with E-state index in [9.17, 15) is 0 Å². The molecule has 1 heterocycles. The van der Waals surface area contributed by atoms with Crippen molar-refractivity contribution in [2.24, 2.45) is 5.84 Å². The number of nitrogens with zero attached hydrogens (tertiary/aromatic N) is 2. The second kappa shape index (κ2) is 6.31. The Morgan fingerprint density at radius 2 is 2.38 bits per heavy atom. The molecule has 0 aliphatic rings. The van der Waals surface area contributed by atoms with Crippen molar-refractivity contribution in [3.63, 3.8) is 0 Å². The summed E-state index contributed by atoms with van der Waals surface area (Å²) in [5, 5.41) is 4.49. The van der Waals surface area contributed by atoms with Crippen LogP contribution in [0, 0.1) is 12.3 Å². The van der Waals surface area contributed by atoms with Gasteiger partial charge in [-0.25, -0.2) is 0 Å². The van der Waals surface area contributed by atoms with Crippen LogP contribution in [0.2, 0.25) is 0 Å². The number of hydrogen-bond donors (Lipinski definition) is 2. The van der Waals surface area contributed by atoms with Gasteiger partial charge in [-0.05, 0) is 25.8 Å². The molecule has 0 radical (unpaired) electrons. The van der Waals surface area contributed by atoms with Crippen molar-refractivity contribution in [3.8, 4) is 12.3 Å². The highest BCUT2D eigenvalue weighted by Crippen LogP contribution is 2.19. The Morgan fingerprint density at radius 1 is 1.62 bits per heavy atom. The zero-order chi connectivity index (χ0) is 12.0. The normalized spacial score (nSPS) is 12.4. The predicted octanol–water partition coefficient (Wildman–Crippen LogP) is 1.38. The standard InChI is InChI=1S/C12H20N4/c1-4-7-8-11(14-13)12-9-10(5-2)15-16(12)6-3/h1,9,11,14H,5-8,13H2,2-3H3. The second-order valence-corrected chi connectivity index (χ2v) is 3.69. The molecule has 1 rings (SSSR count). The number of rotatable bonds is 6. The molecule has 88 valence electrons. The van der Waals surface area contributed by atoms with Crippen LogP contribution in [0.4, 0.5) is 0 Å². The number of hydrogen-bond acceptors (Lipinski definition) is 3. The molecule has 0 aliphatic heterocycles. The summed E-state index contributed by atoms with van der Waals surface area (Å²) in [6, 6.07) is 2.19. The number of aromatic nitrogens is 2. The van der Waals surface area contributed by atoms with Crippen LogP contribution in [0.25, 0.3) is 0 Å². The lowest BCUT2D eigenvalue weighted by atomic mass is 10.1. The zero-order valence-electron chi connectivity index (χ0n) is 10.0. The van der Waals surface area contributed by atoms with Crippen molar-refractivity contribution in [2.75, 3.05) is 0 Å². The predicted molar refractivity (Wildman–Crippen MR) is 65.4 cm³/mol. The second-order valence-electron chi connectivity index (χ2n) is 3.69. The van der Waals surface area contributed by atoms with Gasteiger partial charge in [0.05, 0.1) is 17.4 Å². The summed E-state index contributed by atoms with van der Waals surface area (Å²) in [5.41, 5.74) is 5.03. The molecule has 1 atom stereocenters. The van der Waals surface area contributed by atoms with Gasteiger partial charge in [0.15, 0.2) is 0 Å². The molecule has 4 nitrogen and oxygen atoms in total. The lowest BCUT2D eigenvalue weighted by Crippen LogP contribution is -2.29. The average molecular weight is 220 g/mol. The average Bonchev–Trinajstić information content (AvgIpc) is 2.73. The summed E-state index contributed by atoms with van der Waals surface area (Å²) in [6.07, 6.45) is 7.76. The molecule has 16 heavy (non-hydrogen) atoms. The Labute approximate surface area is 97.2 Å². The summed E-state index contributed by atoms with van der Waals surface area (Å²) < 4.78 is 1.99. The maximum atomic E-state index is 5.56. The molecule has 4 heteroatoms. The van der Waals surface area contributed by atoms with Gasteiger partial charge in [0.25, 0.3) is 0 Å². The molecule has 0 spiro atoms. The van der Waals surface area contributed by atoms with E-state index >= 15 is 0 Å². The van der Waals surface area contributed by atoms with Gasteiger partial charge < -0.3 is 0 Å². The number of nitrogens with one attached hydrogen (secondary N) is 1. The molecular formula is C12H20N4. The Hall–Kier alpha value is -1.31. The van der Waals surface area contributed by atoms with Crippen LogP contribution >= 0.6 is 0 Å². The van der Waals surface area contributed by atoms with Gasteiger partial charge in [0.1, 0.15) is 0 Å². The third-order valence-electron chi connectivity index (χ3n) is 2.66. The van der Waals surface area contributed by atoms with Gasteiger partial charge in [-0.2, -0.15) is 5.10 Å². The number of nitrogens with two attached hydrogens (primary N) is 1. The summed E-state index contributed by atoms with van der Waals surface area (Å²) in [7, 11) is 0. The first-order chi connectivity index (χ1) is 7.76. The van der Waals surface area contributed by atoms with Gasteiger partial charge >= 0.3 is 0 Å². The SMILES string of the molecule is C#CCCC(NN)c1cc(CC)nn1CC. The molecule has 1 aromatic heterocycles. The molecule has 0 fully saturated rings. The topological polar surface area (TPSA) is 55.9 Å². The molecule has 1 unspecified atom stereocenters. The Morgan fingerprint density at radius 3 is 2.88 bits per heavy atom. The van der Waals surface area contributed by atoms with Gasteiger partial charge in [0, 0.05) is 13.0 Å². The van der Waals surface area contributed by atoms with E-state index in [1.807, 2.05) is 4.68 Å². The first kappa shape index (κ1) is 12.8. The fraction of sp³-hybridized carbons (Fsp3) is 0.583. The van der Waals surface area contributed by atoms with Gasteiger partial charge in [-0.1, -0.05) is 6.92 Å². The maximum Gasteiger partial charge on any atom is 0.0638 e. The van der Waals surface area contributed by atoms with E-state index < -0.39 is 0 Å². The highest BCUT2D eigenvalue weighted by Gasteiger charge is 2.15. The van der Waals surface area contributed by atoms with Crippen molar-refractivity contribution in [2.45, 2.75) is 45.7 Å². The third kappa shape index (κ3) is 2.84. The first-order valence-electron chi connectivity index (χ1n) is 5.73. The third-order valence-corrected chi connectivity index (χ3v) is 2.66. The van der Waals surface area contributed by atoms with Crippen LogP contribution in [0.5, 0.6) is 0 Å². The fourth-order valence-electron chi connectivity index (χ4n) is 1.74. The number of hydrazine groups is 1. The minimum Gasteiger partial charge on any atom is -0.271 e. The maximum absolute atomic E-state index is 5.56. The quantitative estimate of drug-likeness (QED) is 0.432. The van der Waals surface area contributed by atoms with E-state index in [0.717, 1.165) is 30.8 Å². The Kier molecular flexibility index (Phi) is 5.03. The van der Waals surface area contributed by atoms with Crippen LogP contribution in [0.15, 0.2) is 6.07 Å². The fourth-order valence-corrected chi connectivity index (χ4v) is 1.74. The van der Waals surface area contributed by atoms with Crippen LogP contribution in [-0.2, 0) is 13.0 Å². The molecule has 0 bridgehead atoms. The number of aryl methyl sites for hydroxylation is 2. The van der Waals surface area contributed by atoms with Crippen molar-refractivity contribution in [1.29, 1.82) is 0 Å². The summed E-state index contributed by atoms with van der Waals surface area (Å²) in [5.74, 6) is 8.20. The van der Waals surface area contributed by atoms with Crippen molar-refractivity contribution >= 4 is 0 Å². The largest absolute Gasteiger partial charge is 0.271 e. The van der Waals surface area contributed by atoms with Crippen LogP contribution in [-0.4, -0.2) is 9.78 Å². The minimum atomic E-state index is 0.0869.